The molecular weight excluding hydrogens is 374 g/mol. The molecule has 2 aromatic rings. The molecule has 0 aliphatic heterocycles. The van der Waals surface area contributed by atoms with Crippen molar-refractivity contribution in [3.05, 3.63) is 52.9 Å². The number of carbonyl (C=O) groups is 1. The summed E-state index contributed by atoms with van der Waals surface area (Å²) in [6, 6.07) is 10.2. The fourth-order valence-electron chi connectivity index (χ4n) is 2.34. The molecule has 0 aliphatic rings. The average molecular weight is 393 g/mol. The Morgan fingerprint density at radius 3 is 2.37 bits per heavy atom. The second kappa shape index (κ2) is 8.14. The highest BCUT2D eigenvalue weighted by atomic mass is 32.2. The van der Waals surface area contributed by atoms with Crippen LogP contribution in [0.15, 0.2) is 52.6 Å². The van der Waals surface area contributed by atoms with E-state index in [-0.39, 0.29) is 35.2 Å². The van der Waals surface area contributed by atoms with E-state index in [1.807, 2.05) is 13.8 Å². The molecule has 3 N–H and O–H groups in total. The Bertz CT molecular complexity index is 945. The summed E-state index contributed by atoms with van der Waals surface area (Å²) in [5.74, 6) is -1.41. The molecule has 0 fully saturated rings. The van der Waals surface area contributed by atoms with Crippen LogP contribution in [0.1, 0.15) is 24.2 Å². The lowest BCUT2D eigenvalue weighted by molar-refractivity contribution is 0.0696. The van der Waals surface area contributed by atoms with Gasteiger partial charge < -0.3 is 9.84 Å². The molecule has 0 atom stereocenters. The highest BCUT2D eigenvalue weighted by Gasteiger charge is 2.27. The van der Waals surface area contributed by atoms with Gasteiger partial charge >= 0.3 is 5.97 Å². The topological polar surface area (TPSA) is 139 Å². The van der Waals surface area contributed by atoms with Crippen LogP contribution in [0.2, 0.25) is 0 Å². The van der Waals surface area contributed by atoms with Crippen LogP contribution < -0.4 is 14.9 Å². The molecule has 0 aromatic heterocycles. The second-order valence-electron chi connectivity index (χ2n) is 6.15. The number of anilines is 1. The van der Waals surface area contributed by atoms with Crippen molar-refractivity contribution >= 4 is 21.7 Å². The average Bonchev–Trinajstić information content (AvgIpc) is 2.59. The van der Waals surface area contributed by atoms with E-state index in [2.05, 4.69) is 5.29 Å². The summed E-state index contributed by atoms with van der Waals surface area (Å²) in [4.78, 5) is 22.3. The number of aromatic carboxylic acids is 1. The molecule has 27 heavy (non-hydrogen) atoms. The van der Waals surface area contributed by atoms with Gasteiger partial charge in [-0.25, -0.2) is 23.4 Å². The molecule has 0 saturated heterocycles. The van der Waals surface area contributed by atoms with Gasteiger partial charge in [-0.15, -0.1) is 4.91 Å². The standard InChI is InChI=1S/C17H19N3O6S/c1-11(2)10-20(19-23)14-8-12(17(21)22)9-15(27(18,24)25)16(14)26-13-6-4-3-5-7-13/h3-9,11H,10H2,1-2H3,(H,21,22)(H2,18,24,25). The first kappa shape index (κ1) is 20.3. The number of para-hydroxylation sites is 1. The summed E-state index contributed by atoms with van der Waals surface area (Å²) >= 11 is 0. The van der Waals surface area contributed by atoms with Crippen molar-refractivity contribution in [1.29, 1.82) is 0 Å². The highest BCUT2D eigenvalue weighted by Crippen LogP contribution is 2.39. The van der Waals surface area contributed by atoms with Crippen LogP contribution in [0.4, 0.5) is 5.69 Å². The Morgan fingerprint density at radius 2 is 1.89 bits per heavy atom. The number of benzene rings is 2. The largest absolute Gasteiger partial charge is 0.478 e. The van der Waals surface area contributed by atoms with Crippen molar-refractivity contribution in [2.75, 3.05) is 11.6 Å². The second-order valence-corrected chi connectivity index (χ2v) is 7.68. The smallest absolute Gasteiger partial charge is 0.335 e. The van der Waals surface area contributed by atoms with Crippen molar-refractivity contribution in [2.24, 2.45) is 16.3 Å². The Morgan fingerprint density at radius 1 is 1.26 bits per heavy atom. The minimum atomic E-state index is -4.36. The first-order valence-electron chi connectivity index (χ1n) is 7.91. The van der Waals surface area contributed by atoms with Crippen LogP contribution in [-0.2, 0) is 10.0 Å². The SMILES string of the molecule is CC(C)CN(N=O)c1cc(C(=O)O)cc(S(N)(=O)=O)c1Oc1ccccc1. The number of primary sulfonamides is 1. The van der Waals surface area contributed by atoms with E-state index in [4.69, 9.17) is 9.88 Å². The number of sulfonamides is 1. The molecule has 144 valence electrons. The van der Waals surface area contributed by atoms with Crippen molar-refractivity contribution in [3.63, 3.8) is 0 Å². The lowest BCUT2D eigenvalue weighted by Crippen LogP contribution is -2.23. The normalized spacial score (nSPS) is 11.3. The maximum Gasteiger partial charge on any atom is 0.335 e. The molecule has 2 rings (SSSR count). The number of nitroso groups, excluding NO2 is 1. The van der Waals surface area contributed by atoms with E-state index in [0.29, 0.717) is 0 Å². The van der Waals surface area contributed by atoms with Crippen molar-refractivity contribution in [1.82, 2.24) is 0 Å². The maximum absolute atomic E-state index is 12.1. The molecule has 0 aliphatic carbocycles. The number of carboxylic acid groups (broad SMARTS) is 1. The molecule has 0 bridgehead atoms. The number of carboxylic acids is 1. The molecule has 2 aromatic carbocycles. The van der Waals surface area contributed by atoms with Gasteiger partial charge in [-0.1, -0.05) is 32.0 Å². The van der Waals surface area contributed by atoms with Gasteiger partial charge in [0.25, 0.3) is 0 Å². The minimum Gasteiger partial charge on any atom is -0.478 e. The third kappa shape index (κ3) is 5.02. The lowest BCUT2D eigenvalue weighted by Gasteiger charge is -2.22. The summed E-state index contributed by atoms with van der Waals surface area (Å²) in [5.41, 5.74) is -0.474. The zero-order valence-electron chi connectivity index (χ0n) is 14.7. The zero-order valence-corrected chi connectivity index (χ0v) is 15.5. The van der Waals surface area contributed by atoms with Crippen LogP contribution in [0, 0.1) is 10.8 Å². The molecule has 0 saturated carbocycles. The van der Waals surface area contributed by atoms with Crippen LogP contribution in [-0.4, -0.2) is 26.0 Å². The van der Waals surface area contributed by atoms with Gasteiger partial charge in [-0.2, -0.15) is 0 Å². The quantitative estimate of drug-likeness (QED) is 0.519. The first-order valence-corrected chi connectivity index (χ1v) is 9.46. The zero-order chi connectivity index (χ0) is 20.2. The van der Waals surface area contributed by atoms with Gasteiger partial charge in [-0.05, 0) is 30.2 Å². The maximum atomic E-state index is 12.1. The first-order chi connectivity index (χ1) is 12.6. The van der Waals surface area contributed by atoms with E-state index >= 15 is 0 Å². The number of hydrogen-bond donors (Lipinski definition) is 2. The summed E-state index contributed by atoms with van der Waals surface area (Å²) in [7, 11) is -4.36. The monoisotopic (exact) mass is 393 g/mol. The fraction of sp³-hybridized carbons (Fsp3) is 0.235. The van der Waals surface area contributed by atoms with Crippen molar-refractivity contribution in [3.8, 4) is 11.5 Å². The van der Waals surface area contributed by atoms with Gasteiger partial charge in [0.2, 0.25) is 10.0 Å². The van der Waals surface area contributed by atoms with E-state index in [1.54, 1.807) is 30.3 Å². The highest BCUT2D eigenvalue weighted by molar-refractivity contribution is 7.89. The Labute approximate surface area is 156 Å². The summed E-state index contributed by atoms with van der Waals surface area (Å²) in [5, 5.41) is 18.4. The number of hydrogen-bond acceptors (Lipinski definition) is 6. The van der Waals surface area contributed by atoms with Gasteiger partial charge in [0.15, 0.2) is 5.75 Å². The molecule has 0 spiro atoms. The summed E-state index contributed by atoms with van der Waals surface area (Å²) in [6.07, 6.45) is 0. The van der Waals surface area contributed by atoms with Gasteiger partial charge in [0.05, 0.1) is 10.8 Å². The molecular formula is C17H19N3O6S. The number of ether oxygens (including phenoxy) is 1. The fourth-order valence-corrected chi connectivity index (χ4v) is 3.04. The number of nitrogens with two attached hydrogens (primary N) is 1. The van der Waals surface area contributed by atoms with Crippen LogP contribution in [0.25, 0.3) is 0 Å². The predicted octanol–water partition coefficient (Wildman–Crippen LogP) is 2.97. The Kier molecular flexibility index (Phi) is 6.13. The lowest BCUT2D eigenvalue weighted by atomic mass is 10.1. The van der Waals surface area contributed by atoms with E-state index in [9.17, 15) is 23.2 Å². The third-order valence-electron chi connectivity index (χ3n) is 3.47. The molecule has 9 nitrogen and oxygen atoms in total. The van der Waals surface area contributed by atoms with Gasteiger partial charge in [-0.3, -0.25) is 0 Å². The Hall–Kier alpha value is -2.98. The molecule has 0 amide bonds. The van der Waals surface area contributed by atoms with E-state index in [0.717, 1.165) is 17.1 Å². The van der Waals surface area contributed by atoms with E-state index < -0.39 is 20.9 Å². The summed E-state index contributed by atoms with van der Waals surface area (Å²) in [6.45, 7) is 3.75. The van der Waals surface area contributed by atoms with Crippen LogP contribution in [0.3, 0.4) is 0 Å². The minimum absolute atomic E-state index is 0.0290. The third-order valence-corrected chi connectivity index (χ3v) is 4.38. The Balaban J connectivity index is 2.78. The van der Waals surface area contributed by atoms with Crippen molar-refractivity contribution < 1.29 is 23.1 Å². The molecule has 10 heteroatoms. The predicted molar refractivity (Wildman–Crippen MR) is 99.3 cm³/mol. The van der Waals surface area contributed by atoms with Crippen LogP contribution in [0.5, 0.6) is 11.5 Å². The van der Waals surface area contributed by atoms with Gasteiger partial charge in [0.1, 0.15) is 16.3 Å². The molecule has 0 radical (unpaired) electrons. The van der Waals surface area contributed by atoms with Gasteiger partial charge in [0, 0.05) is 6.54 Å². The number of nitrogens with zero attached hydrogens (tertiary/aromatic N) is 2. The molecule has 0 heterocycles. The van der Waals surface area contributed by atoms with Crippen LogP contribution >= 0.6 is 0 Å². The summed E-state index contributed by atoms with van der Waals surface area (Å²) < 4.78 is 29.8. The van der Waals surface area contributed by atoms with E-state index in [1.165, 1.54) is 0 Å². The van der Waals surface area contributed by atoms with Crippen molar-refractivity contribution in [2.45, 2.75) is 18.7 Å². The number of rotatable bonds is 8. The molecule has 0 unspecified atom stereocenters.